The molecule has 0 radical (unpaired) electrons. The van der Waals surface area contributed by atoms with E-state index < -0.39 is 5.97 Å². The molecule has 0 saturated heterocycles. The quantitative estimate of drug-likeness (QED) is 0.540. The molecule has 1 aliphatic carbocycles. The fraction of sp³-hybridized carbons (Fsp3) is 0.333. The Kier molecular flexibility index (Phi) is 7.44. The summed E-state index contributed by atoms with van der Waals surface area (Å²) in [4.78, 5) is 24.1. The molecule has 174 valence electrons. The van der Waals surface area contributed by atoms with E-state index in [1.54, 1.807) is 31.4 Å². The van der Waals surface area contributed by atoms with Crippen LogP contribution in [0, 0.1) is 0 Å². The van der Waals surface area contributed by atoms with Gasteiger partial charge in [-0.15, -0.1) is 5.10 Å². The predicted molar refractivity (Wildman–Crippen MR) is 124 cm³/mol. The molecular weight excluding hydrogens is 422 g/mol. The van der Waals surface area contributed by atoms with E-state index in [-0.39, 0.29) is 11.6 Å². The molecule has 1 aromatic heterocycles. The van der Waals surface area contributed by atoms with Crippen molar-refractivity contribution < 1.29 is 19.4 Å². The van der Waals surface area contributed by atoms with Gasteiger partial charge in [0.15, 0.2) is 5.69 Å². The second-order valence-corrected chi connectivity index (χ2v) is 8.31. The summed E-state index contributed by atoms with van der Waals surface area (Å²) >= 11 is 0. The monoisotopic (exact) mass is 451 g/mol. The van der Waals surface area contributed by atoms with Gasteiger partial charge in [0.2, 0.25) is 5.91 Å². The Bertz CT molecular complexity index is 1090. The molecule has 1 aliphatic rings. The minimum atomic E-state index is -1.07. The number of carboxylic acid groups (broad SMARTS) is 1. The van der Waals surface area contributed by atoms with Gasteiger partial charge >= 0.3 is 5.97 Å². The second kappa shape index (κ2) is 10.3. The smallest absolute Gasteiger partial charge is 0.356 e. The fourth-order valence-corrected chi connectivity index (χ4v) is 3.55. The molecular formula is C24H29N5O4. The number of ether oxygens (including phenoxy) is 1. The number of nitrogens with two attached hydrogens (primary N) is 1. The lowest BCUT2D eigenvalue weighted by Crippen LogP contribution is -2.19. The molecule has 4 rings (SSSR count). The number of aromatic carboxylic acids is 1. The van der Waals surface area contributed by atoms with Crippen molar-refractivity contribution in [3.05, 3.63) is 71.5 Å². The first kappa shape index (κ1) is 23.9. The zero-order chi connectivity index (χ0) is 24.0. The van der Waals surface area contributed by atoms with Crippen LogP contribution in [-0.2, 0) is 5.41 Å². The first-order valence-electron chi connectivity index (χ1n) is 10.6. The highest BCUT2D eigenvalue weighted by molar-refractivity contribution is 5.92. The summed E-state index contributed by atoms with van der Waals surface area (Å²) in [5, 5.41) is 16.2. The number of carbonyl (C=O) groups excluding carboxylic acids is 1. The van der Waals surface area contributed by atoms with Crippen molar-refractivity contribution in [2.45, 2.75) is 24.7 Å². The molecule has 1 heterocycles. The van der Waals surface area contributed by atoms with Gasteiger partial charge in [-0.05, 0) is 87.3 Å². The Balaban J connectivity index is 0.000000186. The van der Waals surface area contributed by atoms with Crippen LogP contribution in [0.15, 0.2) is 54.7 Å². The van der Waals surface area contributed by atoms with Crippen LogP contribution >= 0.6 is 0 Å². The first-order chi connectivity index (χ1) is 15.8. The van der Waals surface area contributed by atoms with Gasteiger partial charge < -0.3 is 20.5 Å². The number of nitrogens with zero attached hydrogens (tertiary/aromatic N) is 4. The minimum absolute atomic E-state index is 0.0187. The zero-order valence-corrected chi connectivity index (χ0v) is 19.1. The summed E-state index contributed by atoms with van der Waals surface area (Å²) in [5.41, 5.74) is 8.19. The van der Waals surface area contributed by atoms with Gasteiger partial charge in [-0.3, -0.25) is 4.79 Å². The van der Waals surface area contributed by atoms with E-state index in [1.165, 1.54) is 35.7 Å². The number of amides is 1. The molecule has 9 heteroatoms. The number of aromatic nitrogens is 3. The van der Waals surface area contributed by atoms with Crippen molar-refractivity contribution in [3.63, 3.8) is 0 Å². The largest absolute Gasteiger partial charge is 0.497 e. The van der Waals surface area contributed by atoms with Crippen molar-refractivity contribution in [3.8, 4) is 11.4 Å². The van der Waals surface area contributed by atoms with E-state index in [9.17, 15) is 9.59 Å². The summed E-state index contributed by atoms with van der Waals surface area (Å²) in [6.45, 7) is 1.11. The summed E-state index contributed by atoms with van der Waals surface area (Å²) in [6.07, 6.45) is 4.91. The Morgan fingerprint density at radius 2 is 1.76 bits per heavy atom. The molecule has 0 unspecified atom stereocenters. The van der Waals surface area contributed by atoms with Crippen LogP contribution in [0.2, 0.25) is 0 Å². The van der Waals surface area contributed by atoms with Gasteiger partial charge in [-0.25, -0.2) is 9.48 Å². The van der Waals surface area contributed by atoms with Crippen LogP contribution in [0.3, 0.4) is 0 Å². The third-order valence-corrected chi connectivity index (χ3v) is 5.76. The summed E-state index contributed by atoms with van der Waals surface area (Å²) in [5.74, 6) is -0.726. The number of hydrogen-bond acceptors (Lipinski definition) is 6. The SMILES string of the molecule is CN(C)CCC1(c2ccc(C(N)=O)cc2)CC1.COc1ccc(-n2nncc2C(=O)O)cc1. The van der Waals surface area contributed by atoms with Crippen LogP contribution in [0.25, 0.3) is 5.69 Å². The minimum Gasteiger partial charge on any atom is -0.497 e. The van der Waals surface area contributed by atoms with Crippen LogP contribution < -0.4 is 10.5 Å². The topological polar surface area (TPSA) is 124 Å². The molecule has 33 heavy (non-hydrogen) atoms. The van der Waals surface area contributed by atoms with E-state index in [1.807, 2.05) is 12.1 Å². The highest BCUT2D eigenvalue weighted by Crippen LogP contribution is 2.51. The number of carboxylic acids is 1. The van der Waals surface area contributed by atoms with Crippen molar-refractivity contribution >= 4 is 11.9 Å². The normalized spacial score (nSPS) is 13.7. The number of methoxy groups -OCH3 is 1. The maximum Gasteiger partial charge on any atom is 0.356 e. The third kappa shape index (κ3) is 5.95. The van der Waals surface area contributed by atoms with Crippen molar-refractivity contribution in [1.29, 1.82) is 0 Å². The number of benzene rings is 2. The Morgan fingerprint density at radius 3 is 2.24 bits per heavy atom. The van der Waals surface area contributed by atoms with Crippen LogP contribution in [0.1, 0.15) is 45.7 Å². The summed E-state index contributed by atoms with van der Waals surface area (Å²) in [6, 6.07) is 14.7. The van der Waals surface area contributed by atoms with Gasteiger partial charge in [0, 0.05) is 5.56 Å². The van der Waals surface area contributed by atoms with E-state index in [0.717, 1.165) is 6.54 Å². The highest BCUT2D eigenvalue weighted by Gasteiger charge is 2.43. The second-order valence-electron chi connectivity index (χ2n) is 8.31. The molecule has 1 fully saturated rings. The van der Waals surface area contributed by atoms with Crippen LogP contribution in [-0.4, -0.2) is 64.6 Å². The lowest BCUT2D eigenvalue weighted by atomic mass is 9.91. The molecule has 0 aliphatic heterocycles. The summed E-state index contributed by atoms with van der Waals surface area (Å²) in [7, 11) is 5.77. The molecule has 1 amide bonds. The van der Waals surface area contributed by atoms with E-state index in [2.05, 4.69) is 41.4 Å². The van der Waals surface area contributed by atoms with Gasteiger partial charge in [-0.2, -0.15) is 0 Å². The average molecular weight is 452 g/mol. The first-order valence-corrected chi connectivity index (χ1v) is 10.6. The lowest BCUT2D eigenvalue weighted by molar-refractivity contribution is 0.0686. The Labute approximate surface area is 192 Å². The molecule has 1 saturated carbocycles. The van der Waals surface area contributed by atoms with Gasteiger partial charge in [0.05, 0.1) is 19.0 Å². The molecule has 9 nitrogen and oxygen atoms in total. The predicted octanol–water partition coefficient (Wildman–Crippen LogP) is 2.74. The molecule has 0 spiro atoms. The molecule has 2 aromatic carbocycles. The van der Waals surface area contributed by atoms with Gasteiger partial charge in [-0.1, -0.05) is 17.3 Å². The number of primary amides is 1. The number of hydrogen-bond donors (Lipinski definition) is 2. The molecule has 3 aromatic rings. The van der Waals surface area contributed by atoms with Gasteiger partial charge in [0.1, 0.15) is 5.75 Å². The van der Waals surface area contributed by atoms with Crippen molar-refractivity contribution in [2.24, 2.45) is 5.73 Å². The maximum atomic E-state index is 11.0. The molecule has 0 atom stereocenters. The van der Waals surface area contributed by atoms with Crippen molar-refractivity contribution in [1.82, 2.24) is 19.9 Å². The summed E-state index contributed by atoms with van der Waals surface area (Å²) < 4.78 is 6.25. The number of rotatable bonds is 8. The standard InChI is InChI=1S/C14H20N2O.C10H9N3O3/c1-16(2)10-9-14(7-8-14)12-5-3-11(4-6-12)13(15)17;1-16-8-4-2-7(3-5-8)13-9(10(14)15)6-11-12-13/h3-6H,7-10H2,1-2H3,(H2,15,17);2-6H,1H3,(H,14,15). The Hall–Kier alpha value is -3.72. The highest BCUT2D eigenvalue weighted by atomic mass is 16.5. The van der Waals surface area contributed by atoms with E-state index in [4.69, 9.17) is 15.6 Å². The van der Waals surface area contributed by atoms with Crippen LogP contribution in [0.4, 0.5) is 0 Å². The van der Waals surface area contributed by atoms with Crippen LogP contribution in [0.5, 0.6) is 5.75 Å². The lowest BCUT2D eigenvalue weighted by Gasteiger charge is -2.18. The number of carbonyl (C=O) groups is 2. The fourth-order valence-electron chi connectivity index (χ4n) is 3.55. The van der Waals surface area contributed by atoms with Gasteiger partial charge in [0.25, 0.3) is 0 Å². The van der Waals surface area contributed by atoms with E-state index >= 15 is 0 Å². The van der Waals surface area contributed by atoms with E-state index in [0.29, 0.717) is 22.4 Å². The zero-order valence-electron chi connectivity index (χ0n) is 19.1. The maximum absolute atomic E-state index is 11.0. The Morgan fingerprint density at radius 1 is 1.12 bits per heavy atom. The molecule has 0 bridgehead atoms. The average Bonchev–Trinajstić information content (AvgIpc) is 3.44. The molecule has 3 N–H and O–H groups in total. The third-order valence-electron chi connectivity index (χ3n) is 5.76. The van der Waals surface area contributed by atoms with Crippen molar-refractivity contribution in [2.75, 3.05) is 27.7 Å².